The highest BCUT2D eigenvalue weighted by molar-refractivity contribution is 5.94. The summed E-state index contributed by atoms with van der Waals surface area (Å²) < 4.78 is 12.0. The minimum absolute atomic E-state index is 0.0807. The summed E-state index contributed by atoms with van der Waals surface area (Å²) in [5, 5.41) is 12.7. The number of benzene rings is 2. The zero-order valence-corrected chi connectivity index (χ0v) is 18.4. The molecule has 3 aromatic rings. The van der Waals surface area contributed by atoms with Crippen molar-refractivity contribution >= 4 is 16.8 Å². The topological polar surface area (TPSA) is 103 Å². The van der Waals surface area contributed by atoms with Gasteiger partial charge in [0.15, 0.2) is 0 Å². The normalized spacial score (nSPS) is 11.9. The van der Waals surface area contributed by atoms with Crippen LogP contribution in [-0.4, -0.2) is 53.5 Å². The number of aromatic nitrogens is 2. The van der Waals surface area contributed by atoms with Gasteiger partial charge in [0.05, 0.1) is 29.3 Å². The fourth-order valence-corrected chi connectivity index (χ4v) is 3.20. The molecule has 1 atom stereocenters. The Morgan fingerprint density at radius 2 is 1.97 bits per heavy atom. The molecule has 1 heterocycles. The van der Waals surface area contributed by atoms with Crippen LogP contribution in [0.25, 0.3) is 16.6 Å². The van der Waals surface area contributed by atoms with E-state index < -0.39 is 6.10 Å². The van der Waals surface area contributed by atoms with Crippen LogP contribution >= 0.6 is 0 Å². The summed E-state index contributed by atoms with van der Waals surface area (Å²) >= 11 is 0. The van der Waals surface area contributed by atoms with Crippen LogP contribution in [0, 0.1) is 6.92 Å². The summed E-state index contributed by atoms with van der Waals surface area (Å²) in [4.78, 5) is 30.1. The lowest BCUT2D eigenvalue weighted by Crippen LogP contribution is -2.34. The second kappa shape index (κ2) is 10.2. The first-order valence-corrected chi connectivity index (χ1v) is 10.2. The smallest absolute Gasteiger partial charge is 0.266 e. The molecule has 3 rings (SSSR count). The quantitative estimate of drug-likeness (QED) is 0.499. The highest BCUT2D eigenvalue weighted by Gasteiger charge is 2.13. The molecule has 32 heavy (non-hydrogen) atoms. The molecule has 0 saturated carbocycles. The van der Waals surface area contributed by atoms with E-state index in [9.17, 15) is 14.7 Å². The molecule has 0 radical (unpaired) electrons. The van der Waals surface area contributed by atoms with Gasteiger partial charge in [-0.2, -0.15) is 0 Å². The van der Waals surface area contributed by atoms with E-state index in [0.717, 1.165) is 5.57 Å². The van der Waals surface area contributed by atoms with Crippen LogP contribution in [0.1, 0.15) is 23.1 Å². The first kappa shape index (κ1) is 23.2. The average Bonchev–Trinajstić information content (AvgIpc) is 2.77. The Labute approximate surface area is 186 Å². The Balaban J connectivity index is 1.87. The molecule has 8 heteroatoms. The third-order valence-corrected chi connectivity index (χ3v) is 4.74. The highest BCUT2D eigenvalue weighted by atomic mass is 16.5. The summed E-state index contributed by atoms with van der Waals surface area (Å²) in [5.74, 6) is 0.766. The molecule has 2 N–H and O–H groups in total. The van der Waals surface area contributed by atoms with E-state index in [4.69, 9.17) is 9.47 Å². The number of carbonyl (C=O) groups is 1. The lowest BCUT2D eigenvalue weighted by Gasteiger charge is -2.13. The van der Waals surface area contributed by atoms with Gasteiger partial charge in [0, 0.05) is 19.2 Å². The van der Waals surface area contributed by atoms with Gasteiger partial charge in [-0.05, 0) is 61.9 Å². The number of carbonyl (C=O) groups excluding carboxylic acids is 1. The number of ether oxygens (including phenoxy) is 2. The maximum absolute atomic E-state index is 13.2. The van der Waals surface area contributed by atoms with Crippen LogP contribution in [0.3, 0.4) is 0 Å². The molecule has 0 spiro atoms. The van der Waals surface area contributed by atoms with E-state index in [2.05, 4.69) is 16.9 Å². The maximum Gasteiger partial charge on any atom is 0.266 e. The second-order valence-electron chi connectivity index (χ2n) is 7.59. The van der Waals surface area contributed by atoms with E-state index in [1.165, 1.54) is 11.7 Å². The van der Waals surface area contributed by atoms with Gasteiger partial charge in [-0.25, -0.2) is 4.98 Å². The molecule has 0 aliphatic heterocycles. The van der Waals surface area contributed by atoms with Gasteiger partial charge < -0.3 is 19.9 Å². The fourth-order valence-electron chi connectivity index (χ4n) is 3.20. The predicted molar refractivity (Wildman–Crippen MR) is 123 cm³/mol. The van der Waals surface area contributed by atoms with Gasteiger partial charge in [0.2, 0.25) is 0 Å². The Kier molecular flexibility index (Phi) is 7.40. The summed E-state index contributed by atoms with van der Waals surface area (Å²) in [5.41, 5.74) is 2.23. The third-order valence-electron chi connectivity index (χ3n) is 4.74. The van der Waals surface area contributed by atoms with Crippen molar-refractivity contribution in [2.75, 3.05) is 26.9 Å². The van der Waals surface area contributed by atoms with Crippen molar-refractivity contribution < 1.29 is 19.4 Å². The van der Waals surface area contributed by atoms with Gasteiger partial charge in [0.25, 0.3) is 11.5 Å². The third kappa shape index (κ3) is 5.40. The Morgan fingerprint density at radius 1 is 1.25 bits per heavy atom. The average molecular weight is 437 g/mol. The molecule has 0 aliphatic carbocycles. The predicted octanol–water partition coefficient (Wildman–Crippen LogP) is 2.39. The minimum atomic E-state index is -0.780. The van der Waals surface area contributed by atoms with Gasteiger partial charge in [-0.3, -0.25) is 14.2 Å². The number of hydrogen-bond donors (Lipinski definition) is 2. The number of aliphatic hydroxyl groups excluding tert-OH is 1. The van der Waals surface area contributed by atoms with E-state index in [0.29, 0.717) is 40.3 Å². The Bertz CT molecular complexity index is 1180. The van der Waals surface area contributed by atoms with Crippen LogP contribution in [0.2, 0.25) is 0 Å². The number of methoxy groups -OCH3 is 1. The van der Waals surface area contributed by atoms with Crippen molar-refractivity contribution in [1.29, 1.82) is 0 Å². The summed E-state index contributed by atoms with van der Waals surface area (Å²) in [6, 6.07) is 11.8. The molecule has 1 aromatic heterocycles. The van der Waals surface area contributed by atoms with Gasteiger partial charge in [0.1, 0.15) is 18.2 Å². The van der Waals surface area contributed by atoms with Gasteiger partial charge in [-0.1, -0.05) is 6.58 Å². The lowest BCUT2D eigenvalue weighted by atomic mass is 10.1. The van der Waals surface area contributed by atoms with Crippen molar-refractivity contribution in [1.82, 2.24) is 14.9 Å². The molecule has 168 valence electrons. The van der Waals surface area contributed by atoms with Crippen molar-refractivity contribution in [2.45, 2.75) is 20.0 Å². The molecule has 0 bridgehead atoms. The molecule has 0 aliphatic rings. The van der Waals surface area contributed by atoms with Gasteiger partial charge >= 0.3 is 0 Å². The number of amides is 1. The number of rotatable bonds is 9. The minimum Gasteiger partial charge on any atom is -0.489 e. The van der Waals surface area contributed by atoms with Crippen molar-refractivity contribution in [3.05, 3.63) is 76.4 Å². The van der Waals surface area contributed by atoms with Crippen LogP contribution in [0.4, 0.5) is 0 Å². The number of aryl methyl sites for hydroxylation is 1. The number of aliphatic hydroxyl groups is 1. The first-order valence-electron chi connectivity index (χ1n) is 10.2. The lowest BCUT2D eigenvalue weighted by molar-refractivity contribution is 0.0610. The molecule has 8 nitrogen and oxygen atoms in total. The maximum atomic E-state index is 13.2. The molecule has 1 amide bonds. The summed E-state index contributed by atoms with van der Waals surface area (Å²) in [6.45, 7) is 8.02. The van der Waals surface area contributed by atoms with Crippen LogP contribution in [0.5, 0.6) is 5.75 Å². The van der Waals surface area contributed by atoms with Crippen molar-refractivity contribution in [3.8, 4) is 11.4 Å². The summed E-state index contributed by atoms with van der Waals surface area (Å²) in [6.07, 6.45) is -0.780. The van der Waals surface area contributed by atoms with Crippen LogP contribution in [0.15, 0.2) is 59.4 Å². The van der Waals surface area contributed by atoms with Gasteiger partial charge in [-0.15, -0.1) is 0 Å². The number of nitrogens with zero attached hydrogens (tertiary/aromatic N) is 2. The second-order valence-corrected chi connectivity index (χ2v) is 7.59. The van der Waals surface area contributed by atoms with E-state index >= 15 is 0 Å². The Hall–Kier alpha value is -3.49. The molecule has 0 fully saturated rings. The van der Waals surface area contributed by atoms with Crippen LogP contribution in [-0.2, 0) is 4.74 Å². The highest BCUT2D eigenvalue weighted by Crippen LogP contribution is 2.19. The first-order chi connectivity index (χ1) is 15.3. The SMILES string of the molecule is C=C(C)COc1ccc2nc(C)n(-c3ccc(C(=O)NC[C@@H](O)COC)cc3)c(=O)c2c1. The van der Waals surface area contributed by atoms with Crippen LogP contribution < -0.4 is 15.6 Å². The monoisotopic (exact) mass is 437 g/mol. The van der Waals surface area contributed by atoms with E-state index in [1.54, 1.807) is 49.4 Å². The number of hydrogen-bond acceptors (Lipinski definition) is 6. The van der Waals surface area contributed by atoms with Crippen molar-refractivity contribution in [3.63, 3.8) is 0 Å². The Morgan fingerprint density at radius 3 is 2.62 bits per heavy atom. The van der Waals surface area contributed by atoms with E-state index in [-0.39, 0.29) is 24.6 Å². The molecule has 2 aromatic carbocycles. The molecular weight excluding hydrogens is 410 g/mol. The number of nitrogens with one attached hydrogen (secondary N) is 1. The van der Waals surface area contributed by atoms with Crippen molar-refractivity contribution in [2.24, 2.45) is 0 Å². The molecule has 0 unspecified atom stereocenters. The molecular formula is C24H27N3O5. The van der Waals surface area contributed by atoms with E-state index in [1.807, 2.05) is 6.92 Å². The fraction of sp³-hybridized carbons (Fsp3) is 0.292. The molecule has 0 saturated heterocycles. The zero-order valence-electron chi connectivity index (χ0n) is 18.4. The standard InChI is InChI=1S/C24H27N3O5/c1-15(2)13-32-20-9-10-22-21(11-20)24(30)27(16(3)26-22)18-7-5-17(6-8-18)23(29)25-12-19(28)14-31-4/h5-11,19,28H,1,12-14H2,2-4H3,(H,25,29)/t19-/m1/s1. The largest absolute Gasteiger partial charge is 0.489 e. The summed E-state index contributed by atoms with van der Waals surface area (Å²) in [7, 11) is 1.48. The zero-order chi connectivity index (χ0) is 23.3. The number of fused-ring (bicyclic) bond motifs is 1.